The molecule has 0 atom stereocenters. The zero-order valence-corrected chi connectivity index (χ0v) is 20.5. The molecular formula is C26H37N3O2S. The van der Waals surface area contributed by atoms with Gasteiger partial charge in [-0.25, -0.2) is 0 Å². The zero-order chi connectivity index (χ0) is 22.8. The van der Waals surface area contributed by atoms with Crippen LogP contribution in [0.1, 0.15) is 43.7 Å². The lowest BCUT2D eigenvalue weighted by atomic mass is 9.98. The fraction of sp³-hybridized carbons (Fsp3) is 0.500. The summed E-state index contributed by atoms with van der Waals surface area (Å²) in [5.41, 5.74) is 5.15. The van der Waals surface area contributed by atoms with Crippen LogP contribution in [0.3, 0.4) is 0 Å². The summed E-state index contributed by atoms with van der Waals surface area (Å²) < 4.78 is 10.5. The molecule has 32 heavy (non-hydrogen) atoms. The quantitative estimate of drug-likeness (QED) is 0.357. The minimum Gasteiger partial charge on any atom is -0.497 e. The SMILES string of the molecule is CCCCN1CCCc2cc(CN(CCCOC)C(=S)Nc3ccc(OC)cc3)ccc21. The summed E-state index contributed by atoms with van der Waals surface area (Å²) in [7, 11) is 3.41. The molecule has 1 aliphatic heterocycles. The van der Waals surface area contributed by atoms with E-state index >= 15 is 0 Å². The molecule has 0 unspecified atom stereocenters. The molecule has 0 amide bonds. The van der Waals surface area contributed by atoms with Gasteiger partial charge in [0.05, 0.1) is 7.11 Å². The smallest absolute Gasteiger partial charge is 0.173 e. The van der Waals surface area contributed by atoms with Crippen molar-refractivity contribution in [2.45, 2.75) is 45.6 Å². The minimum atomic E-state index is 0.720. The summed E-state index contributed by atoms with van der Waals surface area (Å²) in [6.07, 6.45) is 5.80. The lowest BCUT2D eigenvalue weighted by Crippen LogP contribution is -2.35. The van der Waals surface area contributed by atoms with Crippen LogP contribution >= 0.6 is 12.2 Å². The number of benzene rings is 2. The fourth-order valence-corrected chi connectivity index (χ4v) is 4.43. The largest absolute Gasteiger partial charge is 0.497 e. The van der Waals surface area contributed by atoms with Crippen molar-refractivity contribution in [1.82, 2.24) is 4.90 Å². The van der Waals surface area contributed by atoms with Crippen molar-refractivity contribution in [3.63, 3.8) is 0 Å². The van der Waals surface area contributed by atoms with E-state index in [4.69, 9.17) is 21.7 Å². The second kappa shape index (κ2) is 12.7. The molecule has 0 saturated heterocycles. The van der Waals surface area contributed by atoms with Gasteiger partial charge in [0.15, 0.2) is 5.11 Å². The molecule has 3 rings (SSSR count). The second-order valence-corrected chi connectivity index (χ2v) is 8.72. The number of anilines is 2. The minimum absolute atomic E-state index is 0.720. The van der Waals surface area contributed by atoms with Gasteiger partial charge in [0.1, 0.15) is 5.75 Å². The third kappa shape index (κ3) is 6.84. The standard InChI is InChI=1S/C26H37N3O2S/c1-4-5-15-28-16-6-8-22-19-21(9-14-25(22)28)20-29(17-7-18-30-2)26(32)27-23-10-12-24(31-3)13-11-23/h9-14,19H,4-8,15-18,20H2,1-3H3,(H,27,32). The third-order valence-electron chi connectivity index (χ3n) is 5.92. The molecule has 5 nitrogen and oxygen atoms in total. The molecule has 2 aromatic carbocycles. The Kier molecular flexibility index (Phi) is 9.62. The normalized spacial score (nSPS) is 12.9. The van der Waals surface area contributed by atoms with E-state index in [1.807, 2.05) is 24.3 Å². The molecule has 0 aromatic heterocycles. The van der Waals surface area contributed by atoms with Crippen LogP contribution in [0.25, 0.3) is 0 Å². The van der Waals surface area contributed by atoms with Gasteiger partial charge >= 0.3 is 0 Å². The molecule has 1 N–H and O–H groups in total. The second-order valence-electron chi connectivity index (χ2n) is 8.33. The highest BCUT2D eigenvalue weighted by Crippen LogP contribution is 2.29. The van der Waals surface area contributed by atoms with Crippen molar-refractivity contribution in [2.75, 3.05) is 50.7 Å². The highest BCUT2D eigenvalue weighted by molar-refractivity contribution is 7.80. The van der Waals surface area contributed by atoms with Gasteiger partial charge in [0.25, 0.3) is 0 Å². The van der Waals surface area contributed by atoms with Crippen LogP contribution in [-0.2, 0) is 17.7 Å². The van der Waals surface area contributed by atoms with Crippen LogP contribution in [0.4, 0.5) is 11.4 Å². The van der Waals surface area contributed by atoms with Crippen molar-refractivity contribution >= 4 is 28.7 Å². The van der Waals surface area contributed by atoms with Crippen molar-refractivity contribution in [2.24, 2.45) is 0 Å². The van der Waals surface area contributed by atoms with Gasteiger partial charge in [0, 0.05) is 51.3 Å². The maximum absolute atomic E-state index is 5.79. The Labute approximate surface area is 198 Å². The maximum atomic E-state index is 5.79. The highest BCUT2D eigenvalue weighted by Gasteiger charge is 2.18. The summed E-state index contributed by atoms with van der Waals surface area (Å²) in [5.74, 6) is 0.834. The van der Waals surface area contributed by atoms with Crippen LogP contribution in [0, 0.1) is 0 Å². The molecule has 2 aromatic rings. The Balaban J connectivity index is 1.70. The van der Waals surface area contributed by atoms with E-state index in [1.165, 1.54) is 42.6 Å². The highest BCUT2D eigenvalue weighted by atomic mass is 32.1. The Morgan fingerprint density at radius 2 is 1.94 bits per heavy atom. The molecule has 0 saturated carbocycles. The first-order chi connectivity index (χ1) is 15.6. The maximum Gasteiger partial charge on any atom is 0.173 e. The molecule has 1 aliphatic rings. The number of hydrogen-bond acceptors (Lipinski definition) is 4. The Bertz CT molecular complexity index is 857. The summed E-state index contributed by atoms with van der Waals surface area (Å²) in [4.78, 5) is 4.79. The number of fused-ring (bicyclic) bond motifs is 1. The summed E-state index contributed by atoms with van der Waals surface area (Å²) in [5, 5.41) is 4.12. The van der Waals surface area contributed by atoms with Crippen LogP contribution < -0.4 is 15.0 Å². The van der Waals surface area contributed by atoms with Crippen molar-refractivity contribution in [3.05, 3.63) is 53.6 Å². The van der Waals surface area contributed by atoms with Crippen LogP contribution in [-0.4, -0.2) is 50.5 Å². The molecule has 0 bridgehead atoms. The molecule has 0 fully saturated rings. The lowest BCUT2D eigenvalue weighted by molar-refractivity contribution is 0.185. The molecule has 0 spiro atoms. The predicted molar refractivity (Wildman–Crippen MR) is 138 cm³/mol. The Hall–Kier alpha value is -2.31. The average Bonchev–Trinajstić information content (AvgIpc) is 2.82. The van der Waals surface area contributed by atoms with Gasteiger partial charge in [-0.15, -0.1) is 0 Å². The first-order valence-electron chi connectivity index (χ1n) is 11.7. The monoisotopic (exact) mass is 455 g/mol. The number of thiocarbonyl (C=S) groups is 1. The number of methoxy groups -OCH3 is 2. The summed E-state index contributed by atoms with van der Waals surface area (Å²) in [6, 6.07) is 14.8. The van der Waals surface area contributed by atoms with Gasteiger partial charge in [-0.1, -0.05) is 25.5 Å². The average molecular weight is 456 g/mol. The van der Waals surface area contributed by atoms with Gasteiger partial charge in [-0.05, 0) is 79.4 Å². The first-order valence-corrected chi connectivity index (χ1v) is 12.1. The van der Waals surface area contributed by atoms with Crippen LogP contribution in [0.2, 0.25) is 0 Å². The number of nitrogens with zero attached hydrogens (tertiary/aromatic N) is 2. The molecule has 1 heterocycles. The van der Waals surface area contributed by atoms with E-state index < -0.39 is 0 Å². The van der Waals surface area contributed by atoms with E-state index in [0.29, 0.717) is 0 Å². The van der Waals surface area contributed by atoms with Gasteiger partial charge < -0.3 is 24.6 Å². The molecule has 0 aliphatic carbocycles. The van der Waals surface area contributed by atoms with Gasteiger partial charge in [-0.3, -0.25) is 0 Å². The topological polar surface area (TPSA) is 37.0 Å². The molecular weight excluding hydrogens is 418 g/mol. The lowest BCUT2D eigenvalue weighted by Gasteiger charge is -2.32. The number of rotatable bonds is 11. The van der Waals surface area contributed by atoms with Gasteiger partial charge in [0.2, 0.25) is 0 Å². The van der Waals surface area contributed by atoms with Crippen molar-refractivity contribution in [3.8, 4) is 5.75 Å². The van der Waals surface area contributed by atoms with Crippen molar-refractivity contribution < 1.29 is 9.47 Å². The van der Waals surface area contributed by atoms with Gasteiger partial charge in [-0.2, -0.15) is 0 Å². The summed E-state index contributed by atoms with van der Waals surface area (Å²) >= 11 is 5.79. The number of ether oxygens (including phenoxy) is 2. The fourth-order valence-electron chi connectivity index (χ4n) is 4.16. The number of aryl methyl sites for hydroxylation is 1. The zero-order valence-electron chi connectivity index (χ0n) is 19.7. The van der Waals surface area contributed by atoms with E-state index in [9.17, 15) is 0 Å². The third-order valence-corrected chi connectivity index (χ3v) is 6.28. The number of hydrogen-bond donors (Lipinski definition) is 1. The molecule has 174 valence electrons. The van der Waals surface area contributed by atoms with E-state index in [-0.39, 0.29) is 0 Å². The predicted octanol–water partition coefficient (Wildman–Crippen LogP) is 5.48. The number of unbranched alkanes of at least 4 members (excludes halogenated alkanes) is 1. The van der Waals surface area contributed by atoms with Crippen molar-refractivity contribution in [1.29, 1.82) is 0 Å². The van der Waals surface area contributed by atoms with E-state index in [1.54, 1.807) is 14.2 Å². The summed E-state index contributed by atoms with van der Waals surface area (Å²) in [6.45, 7) is 6.93. The molecule has 6 heteroatoms. The molecule has 0 radical (unpaired) electrons. The van der Waals surface area contributed by atoms with Crippen LogP contribution in [0.15, 0.2) is 42.5 Å². The van der Waals surface area contributed by atoms with E-state index in [2.05, 4.69) is 40.2 Å². The Morgan fingerprint density at radius 3 is 2.66 bits per heavy atom. The van der Waals surface area contributed by atoms with Crippen LogP contribution in [0.5, 0.6) is 5.75 Å². The van der Waals surface area contributed by atoms with E-state index in [0.717, 1.165) is 55.6 Å². The number of nitrogens with one attached hydrogen (secondary N) is 1. The first kappa shape index (κ1) is 24.3. The Morgan fingerprint density at radius 1 is 1.12 bits per heavy atom.